The third kappa shape index (κ3) is 5.09. The Balaban J connectivity index is 1.31. The summed E-state index contributed by atoms with van der Waals surface area (Å²) in [6.07, 6.45) is 10.1. The van der Waals surface area contributed by atoms with E-state index in [-0.39, 0.29) is 0 Å². The molecular formula is C32H38N4. The highest BCUT2D eigenvalue weighted by Gasteiger charge is 2.32. The van der Waals surface area contributed by atoms with Gasteiger partial charge < -0.3 is 10.2 Å². The topological polar surface area (TPSA) is 41.1 Å². The summed E-state index contributed by atoms with van der Waals surface area (Å²) in [5.74, 6) is 0.620. The van der Waals surface area contributed by atoms with Crippen LogP contribution in [0, 0.1) is 5.92 Å². The van der Waals surface area contributed by atoms with E-state index in [1.807, 2.05) is 6.07 Å². The first kappa shape index (κ1) is 24.3. The Morgan fingerprint density at radius 2 is 1.86 bits per heavy atom. The van der Waals surface area contributed by atoms with Gasteiger partial charge in [-0.25, -0.2) is 9.97 Å². The lowest BCUT2D eigenvalue weighted by molar-refractivity contribution is 0.143. The molecule has 4 nitrogen and oxygen atoms in total. The number of nitrogens with one attached hydrogen (secondary N) is 1. The second kappa shape index (κ2) is 10.7. The number of aryl methyl sites for hydroxylation is 1. The summed E-state index contributed by atoms with van der Waals surface area (Å²) in [5, 5.41) is 3.72. The first-order valence-electron chi connectivity index (χ1n) is 13.5. The number of hydrogen-bond donors (Lipinski definition) is 1. The molecule has 3 aromatic rings. The van der Waals surface area contributed by atoms with Crippen LogP contribution in [0.3, 0.4) is 0 Å². The molecule has 0 bridgehead atoms. The van der Waals surface area contributed by atoms with Gasteiger partial charge in [0, 0.05) is 42.0 Å². The van der Waals surface area contributed by atoms with Gasteiger partial charge in [-0.2, -0.15) is 0 Å². The van der Waals surface area contributed by atoms with E-state index >= 15 is 0 Å². The average molecular weight is 479 g/mol. The molecule has 2 heterocycles. The van der Waals surface area contributed by atoms with Crippen LogP contribution in [0.2, 0.25) is 0 Å². The van der Waals surface area contributed by atoms with Crippen LogP contribution >= 0.6 is 0 Å². The smallest absolute Gasteiger partial charge is 0.0925 e. The summed E-state index contributed by atoms with van der Waals surface area (Å²) in [5.41, 5.74) is 10.0. The molecule has 0 radical (unpaired) electrons. The Kier molecular flexibility index (Phi) is 7.22. The minimum atomic E-state index is 0.450. The van der Waals surface area contributed by atoms with E-state index in [0.717, 1.165) is 71.6 Å². The number of likely N-dealkylation sites (tertiary alicyclic amines) is 1. The van der Waals surface area contributed by atoms with Crippen LogP contribution in [0.15, 0.2) is 78.5 Å². The molecule has 1 aliphatic heterocycles. The predicted octanol–water partition coefficient (Wildman–Crippen LogP) is 7.14. The van der Waals surface area contributed by atoms with Crippen LogP contribution in [0.5, 0.6) is 0 Å². The number of nitrogens with zero attached hydrogens (tertiary/aromatic N) is 3. The van der Waals surface area contributed by atoms with Crippen LogP contribution in [0.4, 0.5) is 0 Å². The fourth-order valence-corrected chi connectivity index (χ4v) is 5.21. The van der Waals surface area contributed by atoms with Gasteiger partial charge in [-0.3, -0.25) is 0 Å². The molecule has 0 amide bonds. The number of allylic oxidation sites excluding steroid dienone is 3. The molecule has 2 aliphatic rings. The van der Waals surface area contributed by atoms with Crippen molar-refractivity contribution in [2.75, 3.05) is 13.1 Å². The summed E-state index contributed by atoms with van der Waals surface area (Å²) in [7, 11) is 0. The molecule has 5 rings (SSSR count). The fourth-order valence-electron chi connectivity index (χ4n) is 5.21. The molecule has 0 saturated carbocycles. The molecule has 1 aliphatic carbocycles. The monoisotopic (exact) mass is 478 g/mol. The largest absolute Gasteiger partial charge is 0.382 e. The lowest BCUT2D eigenvalue weighted by Gasteiger charge is -2.45. The molecule has 1 fully saturated rings. The van der Waals surface area contributed by atoms with Gasteiger partial charge in [0.2, 0.25) is 0 Å². The first-order valence-corrected chi connectivity index (χ1v) is 13.5. The summed E-state index contributed by atoms with van der Waals surface area (Å²) in [6.45, 7) is 13.2. The minimum absolute atomic E-state index is 0.450. The van der Waals surface area contributed by atoms with Crippen molar-refractivity contribution < 1.29 is 0 Å². The van der Waals surface area contributed by atoms with Crippen molar-refractivity contribution in [2.45, 2.75) is 58.9 Å². The van der Waals surface area contributed by atoms with Crippen molar-refractivity contribution in [1.29, 1.82) is 0 Å². The zero-order chi connectivity index (χ0) is 25.1. The number of unbranched alkanes of at least 4 members (excludes halogenated alkanes) is 2. The van der Waals surface area contributed by atoms with Crippen molar-refractivity contribution in [3.63, 3.8) is 0 Å². The van der Waals surface area contributed by atoms with Gasteiger partial charge in [0.25, 0.3) is 0 Å². The molecule has 186 valence electrons. The number of rotatable bonds is 10. The number of aromatic nitrogens is 2. The van der Waals surface area contributed by atoms with Crippen LogP contribution < -0.4 is 5.32 Å². The van der Waals surface area contributed by atoms with Crippen LogP contribution in [0.25, 0.3) is 28.0 Å². The lowest BCUT2D eigenvalue weighted by atomic mass is 9.90. The van der Waals surface area contributed by atoms with Crippen molar-refractivity contribution in [1.82, 2.24) is 20.2 Å². The summed E-state index contributed by atoms with van der Waals surface area (Å²) in [6, 6.07) is 17.3. The van der Waals surface area contributed by atoms with Gasteiger partial charge in [0.05, 0.1) is 22.4 Å². The molecule has 36 heavy (non-hydrogen) atoms. The Labute approximate surface area is 215 Å². The summed E-state index contributed by atoms with van der Waals surface area (Å²) < 4.78 is 0. The van der Waals surface area contributed by atoms with Crippen molar-refractivity contribution >= 4 is 16.7 Å². The Morgan fingerprint density at radius 3 is 2.58 bits per heavy atom. The molecule has 4 heteroatoms. The predicted molar refractivity (Wildman–Crippen MR) is 151 cm³/mol. The maximum atomic E-state index is 5.13. The SMILES string of the molecule is C=C(c1ccc2nc(-c3ccccc3)c(CCCCC)nc2c1)N1CC(C(C)NC2=CCC=C2C)C1. The van der Waals surface area contributed by atoms with E-state index in [1.54, 1.807) is 0 Å². The lowest BCUT2D eigenvalue weighted by Crippen LogP contribution is -2.53. The van der Waals surface area contributed by atoms with Gasteiger partial charge in [0.15, 0.2) is 0 Å². The maximum absolute atomic E-state index is 5.13. The number of fused-ring (bicyclic) bond motifs is 1. The summed E-state index contributed by atoms with van der Waals surface area (Å²) in [4.78, 5) is 12.6. The standard InChI is InChI=1S/C32H38N4/c1-5-6-8-15-30-32(25-13-9-7-10-14-25)35-29-18-17-26(19-31(29)34-30)24(4)36-20-27(21-36)23(3)33-28-16-11-12-22(28)2/h7,9-10,12-14,16-19,23,27,33H,4-6,8,11,15,20-21H2,1-3H3. The zero-order valence-corrected chi connectivity index (χ0v) is 21.9. The van der Waals surface area contributed by atoms with Crippen molar-refractivity contribution in [2.24, 2.45) is 5.92 Å². The van der Waals surface area contributed by atoms with E-state index in [2.05, 4.69) is 92.2 Å². The van der Waals surface area contributed by atoms with Crippen LogP contribution in [0.1, 0.15) is 57.7 Å². The molecule has 1 N–H and O–H groups in total. The highest BCUT2D eigenvalue weighted by molar-refractivity contribution is 5.82. The third-order valence-electron chi connectivity index (χ3n) is 7.69. The van der Waals surface area contributed by atoms with E-state index in [0.29, 0.717) is 12.0 Å². The Bertz CT molecular complexity index is 1300. The van der Waals surface area contributed by atoms with Gasteiger partial charge in [-0.15, -0.1) is 0 Å². The number of benzene rings is 2. The van der Waals surface area contributed by atoms with Gasteiger partial charge in [-0.05, 0) is 56.4 Å². The fraction of sp³-hybridized carbons (Fsp3) is 0.375. The van der Waals surface area contributed by atoms with Gasteiger partial charge in [0.1, 0.15) is 0 Å². The number of hydrogen-bond acceptors (Lipinski definition) is 4. The quantitative estimate of drug-likeness (QED) is 0.314. The van der Waals surface area contributed by atoms with Crippen LogP contribution in [-0.2, 0) is 6.42 Å². The minimum Gasteiger partial charge on any atom is -0.382 e. The van der Waals surface area contributed by atoms with E-state index in [4.69, 9.17) is 9.97 Å². The Morgan fingerprint density at radius 1 is 1.06 bits per heavy atom. The Hall–Kier alpha value is -3.40. The highest BCUT2D eigenvalue weighted by atomic mass is 15.2. The normalized spacial score (nSPS) is 16.5. The second-order valence-corrected chi connectivity index (χ2v) is 10.3. The molecule has 1 unspecified atom stereocenters. The van der Waals surface area contributed by atoms with Crippen LogP contribution in [-0.4, -0.2) is 34.0 Å². The first-order chi connectivity index (χ1) is 17.5. The molecule has 1 atom stereocenters. The van der Waals surface area contributed by atoms with Gasteiger partial charge >= 0.3 is 0 Å². The molecule has 1 aromatic heterocycles. The van der Waals surface area contributed by atoms with Crippen molar-refractivity contribution in [3.05, 3.63) is 89.8 Å². The van der Waals surface area contributed by atoms with E-state index in [9.17, 15) is 0 Å². The molecule has 0 spiro atoms. The molecule has 2 aromatic carbocycles. The second-order valence-electron chi connectivity index (χ2n) is 10.3. The zero-order valence-electron chi connectivity index (χ0n) is 21.9. The van der Waals surface area contributed by atoms with Crippen molar-refractivity contribution in [3.8, 4) is 11.3 Å². The highest BCUT2D eigenvalue weighted by Crippen LogP contribution is 2.31. The van der Waals surface area contributed by atoms with Gasteiger partial charge in [-0.1, -0.05) is 74.9 Å². The van der Waals surface area contributed by atoms with E-state index in [1.165, 1.54) is 24.1 Å². The summed E-state index contributed by atoms with van der Waals surface area (Å²) >= 11 is 0. The maximum Gasteiger partial charge on any atom is 0.0925 e. The molecule has 1 saturated heterocycles. The molecular weight excluding hydrogens is 440 g/mol. The average Bonchev–Trinajstić information content (AvgIpc) is 3.27. The van der Waals surface area contributed by atoms with E-state index < -0.39 is 0 Å². The third-order valence-corrected chi connectivity index (χ3v) is 7.69.